The first-order chi connectivity index (χ1) is 17.9. The molecule has 0 fully saturated rings. The van der Waals surface area contributed by atoms with Gasteiger partial charge in [0.05, 0.1) is 0 Å². The van der Waals surface area contributed by atoms with E-state index in [9.17, 15) is 4.79 Å². The van der Waals surface area contributed by atoms with Crippen LogP contribution in [-0.4, -0.2) is 42.0 Å². The van der Waals surface area contributed by atoms with E-state index in [2.05, 4.69) is 67.8 Å². The van der Waals surface area contributed by atoms with Crippen LogP contribution in [0.4, 0.5) is 0 Å². The van der Waals surface area contributed by atoms with Crippen LogP contribution in [0.15, 0.2) is 79.7 Å². The zero-order valence-corrected chi connectivity index (χ0v) is 25.6. The smallest absolute Gasteiger partial charge is 0.220 e. The number of allylic oxidation sites excluding steroid dienone is 3. The molecule has 1 amide bonds. The molecule has 0 bridgehead atoms. The summed E-state index contributed by atoms with van der Waals surface area (Å²) in [6.45, 7) is 23.5. The van der Waals surface area contributed by atoms with Crippen LogP contribution in [0.25, 0.3) is 0 Å². The number of aryl methyl sites for hydroxylation is 1. The molecule has 0 saturated carbocycles. The summed E-state index contributed by atoms with van der Waals surface area (Å²) in [6, 6.07) is 14.8. The molecule has 0 aliphatic rings. The van der Waals surface area contributed by atoms with E-state index in [1.165, 1.54) is 11.1 Å². The molecule has 0 spiro atoms. The van der Waals surface area contributed by atoms with Crippen LogP contribution in [0.2, 0.25) is 0 Å². The first kappa shape index (κ1) is 38.8. The molecule has 4 heteroatoms. The number of carbonyl (C=O) groups is 1. The standard InChI is InChI=1S/C15H24N2.C11H15NO.C3H6.2C2H6/c1-5-6-8-15(12-17(4)13(2)3)14-9-7-10-16-11-14;1-2-12-11(13)9-8-10-6-4-3-5-7-10;1-3-2;2*1-2/h5-7,9-11,13,15H,8,12H2,1-4H3;3-7H,2,8-9H2,1H3,(H,12,13);3H,1H2,2H3;2*1-2H3/b6-5+;;;;. The number of benzene rings is 1. The molecule has 0 radical (unpaired) electrons. The average molecular weight is 512 g/mol. The first-order valence-electron chi connectivity index (χ1n) is 14.0. The molecule has 0 aliphatic carbocycles. The van der Waals surface area contributed by atoms with Crippen LogP contribution in [0.3, 0.4) is 0 Å². The monoisotopic (exact) mass is 511 g/mol. The Labute approximate surface area is 230 Å². The number of nitrogens with one attached hydrogen (secondary N) is 1. The Hall–Kier alpha value is -2.72. The minimum absolute atomic E-state index is 0.131. The third-order valence-corrected chi connectivity index (χ3v) is 5.06. The van der Waals surface area contributed by atoms with Gasteiger partial charge in [-0.25, -0.2) is 0 Å². The predicted molar refractivity (Wildman–Crippen MR) is 166 cm³/mol. The molecule has 1 unspecified atom stereocenters. The topological polar surface area (TPSA) is 45.2 Å². The third-order valence-electron chi connectivity index (χ3n) is 5.06. The maximum absolute atomic E-state index is 11.1. The minimum atomic E-state index is 0.131. The van der Waals surface area contributed by atoms with Crippen molar-refractivity contribution in [2.75, 3.05) is 20.1 Å². The zero-order valence-electron chi connectivity index (χ0n) is 25.6. The molecule has 1 aromatic heterocycles. The van der Waals surface area contributed by atoms with Crippen LogP contribution in [0.1, 0.15) is 92.2 Å². The van der Waals surface area contributed by atoms with Gasteiger partial charge in [0, 0.05) is 43.9 Å². The SMILES string of the molecule is C/C=C/CC(CN(C)C(C)C)c1cccnc1.C=CC.CC.CC.CCNC(=O)CCc1ccccc1. The molecule has 4 nitrogen and oxygen atoms in total. The van der Waals surface area contributed by atoms with E-state index in [0.717, 1.165) is 19.4 Å². The van der Waals surface area contributed by atoms with Crippen molar-refractivity contribution in [1.29, 1.82) is 0 Å². The number of hydrogen-bond donors (Lipinski definition) is 1. The summed E-state index contributed by atoms with van der Waals surface area (Å²) in [7, 11) is 2.18. The first-order valence-corrected chi connectivity index (χ1v) is 14.0. The highest BCUT2D eigenvalue weighted by atomic mass is 16.1. The maximum Gasteiger partial charge on any atom is 0.220 e. The molecular formula is C33H57N3O. The van der Waals surface area contributed by atoms with E-state index in [0.29, 0.717) is 24.9 Å². The van der Waals surface area contributed by atoms with Gasteiger partial charge < -0.3 is 10.2 Å². The van der Waals surface area contributed by atoms with E-state index in [4.69, 9.17) is 0 Å². The lowest BCUT2D eigenvalue weighted by atomic mass is 9.96. The summed E-state index contributed by atoms with van der Waals surface area (Å²) in [5.41, 5.74) is 2.55. The summed E-state index contributed by atoms with van der Waals surface area (Å²) >= 11 is 0. The highest BCUT2D eigenvalue weighted by Gasteiger charge is 2.14. The zero-order chi connectivity index (χ0) is 28.9. The van der Waals surface area contributed by atoms with Crippen LogP contribution >= 0.6 is 0 Å². The number of amides is 1. The van der Waals surface area contributed by atoms with E-state index < -0.39 is 0 Å². The highest BCUT2D eigenvalue weighted by molar-refractivity contribution is 5.76. The fraction of sp³-hybridized carbons (Fsp3) is 0.515. The molecule has 1 heterocycles. The minimum Gasteiger partial charge on any atom is -0.356 e. The van der Waals surface area contributed by atoms with Gasteiger partial charge in [0.25, 0.3) is 0 Å². The normalized spacial score (nSPS) is 10.4. The number of aromatic nitrogens is 1. The molecule has 1 aromatic carbocycles. The third kappa shape index (κ3) is 23.4. The van der Waals surface area contributed by atoms with Gasteiger partial charge in [-0.05, 0) is 71.7 Å². The molecule has 0 saturated heterocycles. The lowest BCUT2D eigenvalue weighted by molar-refractivity contribution is -0.120. The second-order valence-corrected chi connectivity index (χ2v) is 8.17. The Balaban J connectivity index is -0.000000513. The van der Waals surface area contributed by atoms with Crippen molar-refractivity contribution in [3.63, 3.8) is 0 Å². The van der Waals surface area contributed by atoms with Crippen molar-refractivity contribution in [3.8, 4) is 0 Å². The van der Waals surface area contributed by atoms with Crippen molar-refractivity contribution in [1.82, 2.24) is 15.2 Å². The Kier molecular flexibility index (Phi) is 30.9. The van der Waals surface area contributed by atoms with Gasteiger partial charge in [-0.2, -0.15) is 0 Å². The van der Waals surface area contributed by atoms with E-state index in [-0.39, 0.29) is 5.91 Å². The largest absolute Gasteiger partial charge is 0.356 e. The van der Waals surface area contributed by atoms with Crippen LogP contribution < -0.4 is 5.32 Å². The predicted octanol–water partition coefficient (Wildman–Crippen LogP) is 8.47. The molecular weight excluding hydrogens is 454 g/mol. The van der Waals surface area contributed by atoms with Crippen molar-refractivity contribution in [3.05, 3.63) is 90.8 Å². The van der Waals surface area contributed by atoms with Crippen LogP contribution in [-0.2, 0) is 11.2 Å². The van der Waals surface area contributed by atoms with Crippen molar-refractivity contribution < 1.29 is 4.79 Å². The molecule has 1 atom stereocenters. The maximum atomic E-state index is 11.1. The lowest BCUT2D eigenvalue weighted by Gasteiger charge is -2.26. The number of nitrogens with zero attached hydrogens (tertiary/aromatic N) is 2. The molecule has 37 heavy (non-hydrogen) atoms. The fourth-order valence-electron chi connectivity index (χ4n) is 2.98. The summed E-state index contributed by atoms with van der Waals surface area (Å²) in [5.74, 6) is 0.665. The summed E-state index contributed by atoms with van der Waals surface area (Å²) < 4.78 is 0. The second-order valence-electron chi connectivity index (χ2n) is 8.17. The van der Waals surface area contributed by atoms with E-state index in [1.807, 2.05) is 90.3 Å². The van der Waals surface area contributed by atoms with Gasteiger partial charge in [-0.15, -0.1) is 6.58 Å². The van der Waals surface area contributed by atoms with Gasteiger partial charge in [0.15, 0.2) is 0 Å². The highest BCUT2D eigenvalue weighted by Crippen LogP contribution is 2.21. The second kappa shape index (κ2) is 29.5. The lowest BCUT2D eigenvalue weighted by Crippen LogP contribution is -2.30. The molecule has 210 valence electrons. The molecule has 1 N–H and O–H groups in total. The van der Waals surface area contributed by atoms with Crippen molar-refractivity contribution >= 4 is 5.91 Å². The van der Waals surface area contributed by atoms with Crippen molar-refractivity contribution in [2.45, 2.75) is 93.5 Å². The summed E-state index contributed by atoms with van der Waals surface area (Å²) in [5, 5.41) is 2.78. The Morgan fingerprint density at radius 3 is 2.11 bits per heavy atom. The van der Waals surface area contributed by atoms with Gasteiger partial charge in [0.2, 0.25) is 5.91 Å². The number of likely N-dealkylation sites (N-methyl/N-ethyl adjacent to an activating group) is 1. The van der Waals surface area contributed by atoms with E-state index in [1.54, 1.807) is 6.08 Å². The Morgan fingerprint density at radius 2 is 1.65 bits per heavy atom. The fourth-order valence-corrected chi connectivity index (χ4v) is 2.98. The number of rotatable bonds is 10. The summed E-state index contributed by atoms with van der Waals surface area (Å²) in [4.78, 5) is 17.7. The quantitative estimate of drug-likeness (QED) is 0.325. The van der Waals surface area contributed by atoms with E-state index >= 15 is 0 Å². The van der Waals surface area contributed by atoms with Gasteiger partial charge in [-0.3, -0.25) is 9.78 Å². The van der Waals surface area contributed by atoms with Crippen LogP contribution in [0, 0.1) is 0 Å². The number of carbonyl (C=O) groups excluding carboxylic acids is 1. The van der Waals surface area contributed by atoms with Crippen molar-refractivity contribution in [2.24, 2.45) is 0 Å². The van der Waals surface area contributed by atoms with Gasteiger partial charge in [0.1, 0.15) is 0 Å². The van der Waals surface area contributed by atoms with Gasteiger partial charge >= 0.3 is 0 Å². The number of pyridine rings is 1. The molecule has 2 rings (SSSR count). The Morgan fingerprint density at radius 1 is 1.05 bits per heavy atom. The van der Waals surface area contributed by atoms with Gasteiger partial charge in [-0.1, -0.05) is 82.3 Å². The molecule has 2 aromatic rings. The number of hydrogen-bond acceptors (Lipinski definition) is 3. The molecule has 0 aliphatic heterocycles. The average Bonchev–Trinajstić information content (AvgIpc) is 2.94. The van der Waals surface area contributed by atoms with Crippen LogP contribution in [0.5, 0.6) is 0 Å². The summed E-state index contributed by atoms with van der Waals surface area (Å²) in [6.07, 6.45) is 12.4. The Bertz CT molecular complexity index is 758.